The molecule has 2 heterocycles. The largest absolute Gasteiger partial charge is 0.343 e. The number of fused-ring (bicyclic) bond motifs is 1. The van der Waals surface area contributed by atoms with Crippen LogP contribution >= 0.6 is 0 Å². The van der Waals surface area contributed by atoms with Gasteiger partial charge in [-0.3, -0.25) is 9.78 Å². The molecule has 1 fully saturated rings. The lowest BCUT2D eigenvalue weighted by atomic mass is 10.3. The average Bonchev–Trinajstić information content (AvgIpc) is 3.33. The van der Waals surface area contributed by atoms with Gasteiger partial charge >= 0.3 is 0 Å². The highest BCUT2D eigenvalue weighted by atomic mass is 16.1. The number of para-hydroxylation sites is 2. The fourth-order valence-electron chi connectivity index (χ4n) is 2.63. The van der Waals surface area contributed by atoms with Crippen LogP contribution in [0, 0.1) is 0 Å². The molecule has 1 N–H and O–H groups in total. The molecule has 22 heavy (non-hydrogen) atoms. The fourth-order valence-corrected chi connectivity index (χ4v) is 2.63. The van der Waals surface area contributed by atoms with Crippen LogP contribution in [0.5, 0.6) is 0 Å². The van der Waals surface area contributed by atoms with E-state index >= 15 is 0 Å². The Kier molecular flexibility index (Phi) is 3.07. The summed E-state index contributed by atoms with van der Waals surface area (Å²) in [5, 5.41) is 2.87. The third-order valence-corrected chi connectivity index (χ3v) is 3.78. The molecule has 1 amide bonds. The van der Waals surface area contributed by atoms with Crippen molar-refractivity contribution in [1.29, 1.82) is 0 Å². The predicted octanol–water partition coefficient (Wildman–Crippen LogP) is 2.09. The number of rotatable bonds is 4. The van der Waals surface area contributed by atoms with Crippen molar-refractivity contribution in [3.63, 3.8) is 0 Å². The Morgan fingerprint density at radius 1 is 1.27 bits per heavy atom. The molecule has 0 aliphatic heterocycles. The first-order valence-electron chi connectivity index (χ1n) is 7.33. The second-order valence-electron chi connectivity index (χ2n) is 5.39. The third-order valence-electron chi connectivity index (χ3n) is 3.78. The molecule has 2 aromatic heterocycles. The van der Waals surface area contributed by atoms with Crippen molar-refractivity contribution in [2.24, 2.45) is 0 Å². The molecule has 1 saturated carbocycles. The molecule has 1 aliphatic rings. The number of imidazole rings is 1. The Labute approximate surface area is 127 Å². The summed E-state index contributed by atoms with van der Waals surface area (Å²) < 4.78 is 2.24. The maximum Gasteiger partial charge on any atom is 0.271 e. The molecule has 110 valence electrons. The molecule has 0 radical (unpaired) electrons. The second kappa shape index (κ2) is 5.22. The molecule has 0 spiro atoms. The minimum Gasteiger partial charge on any atom is -0.343 e. The normalized spacial score (nSPS) is 14.2. The van der Waals surface area contributed by atoms with Crippen LogP contribution in [-0.2, 0) is 6.54 Å². The van der Waals surface area contributed by atoms with Gasteiger partial charge in [0.05, 0.1) is 23.8 Å². The highest BCUT2D eigenvalue weighted by Crippen LogP contribution is 2.38. The number of hydrogen-bond donors (Lipinski definition) is 1. The summed E-state index contributed by atoms with van der Waals surface area (Å²) in [7, 11) is 0. The Hall–Kier alpha value is -2.76. The van der Waals surface area contributed by atoms with Crippen LogP contribution < -0.4 is 5.32 Å². The zero-order chi connectivity index (χ0) is 14.9. The summed E-state index contributed by atoms with van der Waals surface area (Å²) in [4.78, 5) is 24.6. The van der Waals surface area contributed by atoms with E-state index in [4.69, 9.17) is 0 Å². The highest BCUT2D eigenvalue weighted by molar-refractivity contribution is 5.91. The van der Waals surface area contributed by atoms with Crippen molar-refractivity contribution >= 4 is 16.9 Å². The number of hydrogen-bond acceptors (Lipinski definition) is 4. The maximum absolute atomic E-state index is 12.1. The van der Waals surface area contributed by atoms with Gasteiger partial charge in [-0.2, -0.15) is 0 Å². The van der Waals surface area contributed by atoms with Crippen LogP contribution in [-0.4, -0.2) is 25.4 Å². The molecule has 1 aromatic carbocycles. The van der Waals surface area contributed by atoms with Gasteiger partial charge < -0.3 is 9.88 Å². The van der Waals surface area contributed by atoms with Crippen LogP contribution in [0.25, 0.3) is 11.0 Å². The van der Waals surface area contributed by atoms with E-state index in [9.17, 15) is 4.79 Å². The van der Waals surface area contributed by atoms with Crippen LogP contribution in [0.3, 0.4) is 0 Å². The first-order valence-corrected chi connectivity index (χ1v) is 7.33. The lowest BCUT2D eigenvalue weighted by molar-refractivity contribution is 0.0944. The number of carbonyl (C=O) groups is 1. The number of nitrogens with one attached hydrogen (secondary N) is 1. The number of nitrogens with zero attached hydrogens (tertiary/aromatic N) is 4. The number of benzene rings is 1. The standard InChI is InChI=1S/C16H15N5O/c22-16(13-9-17-7-8-18-13)19-10-15-20-12-3-1-2-4-14(12)21(15)11-5-6-11/h1-4,7-9,11H,5-6,10H2,(H,19,22). The molecule has 4 rings (SSSR count). The van der Waals surface area contributed by atoms with E-state index in [1.807, 2.05) is 18.2 Å². The van der Waals surface area contributed by atoms with E-state index in [-0.39, 0.29) is 5.91 Å². The van der Waals surface area contributed by atoms with Gasteiger partial charge in [0.2, 0.25) is 0 Å². The van der Waals surface area contributed by atoms with Gasteiger partial charge in [-0.05, 0) is 25.0 Å². The van der Waals surface area contributed by atoms with Crippen LogP contribution in [0.4, 0.5) is 0 Å². The van der Waals surface area contributed by atoms with Crippen molar-refractivity contribution < 1.29 is 4.79 Å². The Balaban J connectivity index is 1.59. The van der Waals surface area contributed by atoms with E-state index in [1.54, 1.807) is 6.20 Å². The molecule has 3 aromatic rings. The summed E-state index contributed by atoms with van der Waals surface area (Å²) in [5.74, 6) is 0.656. The van der Waals surface area contributed by atoms with Gasteiger partial charge in [0.15, 0.2) is 0 Å². The van der Waals surface area contributed by atoms with Crippen LogP contribution in [0.15, 0.2) is 42.9 Å². The van der Waals surface area contributed by atoms with Gasteiger partial charge in [0, 0.05) is 18.4 Å². The van der Waals surface area contributed by atoms with E-state index in [0.717, 1.165) is 16.9 Å². The zero-order valence-electron chi connectivity index (χ0n) is 11.9. The second-order valence-corrected chi connectivity index (χ2v) is 5.39. The summed E-state index contributed by atoms with van der Waals surface area (Å²) in [6.07, 6.45) is 6.85. The quantitative estimate of drug-likeness (QED) is 0.799. The smallest absolute Gasteiger partial charge is 0.271 e. The molecule has 0 unspecified atom stereocenters. The fraction of sp³-hybridized carbons (Fsp3) is 0.250. The lowest BCUT2D eigenvalue weighted by Crippen LogP contribution is -2.25. The zero-order valence-corrected chi connectivity index (χ0v) is 11.9. The highest BCUT2D eigenvalue weighted by Gasteiger charge is 2.28. The van der Waals surface area contributed by atoms with E-state index in [2.05, 4.69) is 30.9 Å². The van der Waals surface area contributed by atoms with Crippen molar-refractivity contribution in [2.75, 3.05) is 0 Å². The van der Waals surface area contributed by atoms with E-state index in [0.29, 0.717) is 18.3 Å². The number of carbonyl (C=O) groups excluding carboxylic acids is 1. The number of aromatic nitrogens is 4. The Bertz CT molecular complexity index is 823. The van der Waals surface area contributed by atoms with Gasteiger partial charge in [0.1, 0.15) is 11.5 Å². The van der Waals surface area contributed by atoms with Crippen molar-refractivity contribution in [2.45, 2.75) is 25.4 Å². The SMILES string of the molecule is O=C(NCc1nc2ccccc2n1C1CC1)c1cnccn1. The predicted molar refractivity (Wildman–Crippen MR) is 81.2 cm³/mol. The Morgan fingerprint density at radius 2 is 2.14 bits per heavy atom. The summed E-state index contributed by atoms with van der Waals surface area (Å²) in [5.41, 5.74) is 2.42. The average molecular weight is 293 g/mol. The molecular formula is C16H15N5O. The van der Waals surface area contributed by atoms with Gasteiger partial charge in [-0.1, -0.05) is 12.1 Å². The summed E-state index contributed by atoms with van der Waals surface area (Å²) in [6.45, 7) is 0.389. The number of amides is 1. The van der Waals surface area contributed by atoms with Gasteiger partial charge in [-0.25, -0.2) is 9.97 Å². The molecule has 1 aliphatic carbocycles. The molecule has 0 atom stereocenters. The van der Waals surface area contributed by atoms with Gasteiger partial charge in [0.25, 0.3) is 5.91 Å². The van der Waals surface area contributed by atoms with E-state index in [1.165, 1.54) is 25.2 Å². The van der Waals surface area contributed by atoms with E-state index < -0.39 is 0 Å². The Morgan fingerprint density at radius 3 is 2.91 bits per heavy atom. The lowest BCUT2D eigenvalue weighted by Gasteiger charge is -2.08. The van der Waals surface area contributed by atoms with Crippen LogP contribution in [0.1, 0.15) is 35.2 Å². The minimum atomic E-state index is -0.234. The molecule has 6 nitrogen and oxygen atoms in total. The van der Waals surface area contributed by atoms with Gasteiger partial charge in [-0.15, -0.1) is 0 Å². The van der Waals surface area contributed by atoms with Crippen molar-refractivity contribution in [1.82, 2.24) is 24.8 Å². The maximum atomic E-state index is 12.1. The first-order chi connectivity index (χ1) is 10.8. The molecule has 6 heteroatoms. The topological polar surface area (TPSA) is 72.7 Å². The molecule has 0 bridgehead atoms. The molecule has 0 saturated heterocycles. The van der Waals surface area contributed by atoms with Crippen molar-refractivity contribution in [3.05, 3.63) is 54.4 Å². The minimum absolute atomic E-state index is 0.234. The molecular weight excluding hydrogens is 278 g/mol. The third kappa shape index (κ3) is 2.32. The first kappa shape index (κ1) is 12.9. The van der Waals surface area contributed by atoms with Crippen molar-refractivity contribution in [3.8, 4) is 0 Å². The summed E-state index contributed by atoms with van der Waals surface area (Å²) in [6, 6.07) is 8.59. The monoisotopic (exact) mass is 293 g/mol. The summed E-state index contributed by atoms with van der Waals surface area (Å²) >= 11 is 0. The van der Waals surface area contributed by atoms with Crippen LogP contribution in [0.2, 0.25) is 0 Å².